The van der Waals surface area contributed by atoms with Crippen molar-refractivity contribution in [2.24, 2.45) is 0 Å². The zero-order chi connectivity index (χ0) is 24.9. The molecule has 1 aromatic heterocycles. The first-order valence-electron chi connectivity index (χ1n) is 10.6. The summed E-state index contributed by atoms with van der Waals surface area (Å²) >= 11 is 12.6. The highest BCUT2D eigenvalue weighted by atomic mass is 35.5. The van der Waals surface area contributed by atoms with Crippen molar-refractivity contribution < 1.29 is 4.74 Å². The molecule has 0 radical (unpaired) electrons. The maximum atomic E-state index is 9.83. The summed E-state index contributed by atoms with van der Waals surface area (Å²) in [5.74, 6) is 1.11. The van der Waals surface area contributed by atoms with Gasteiger partial charge in [-0.05, 0) is 66.1 Å². The van der Waals surface area contributed by atoms with Gasteiger partial charge in [0, 0.05) is 21.4 Å². The minimum Gasteiger partial charge on any atom is -0.497 e. The number of aryl methyl sites for hydroxylation is 1. The fraction of sp³-hybridized carbons (Fsp3) is 0.115. The molecule has 0 saturated carbocycles. The number of hydrogen-bond donors (Lipinski definition) is 3. The third-order valence-electron chi connectivity index (χ3n) is 5.48. The van der Waals surface area contributed by atoms with Crippen LogP contribution < -0.4 is 21.1 Å². The first-order valence-corrected chi connectivity index (χ1v) is 11.4. The van der Waals surface area contributed by atoms with Crippen LogP contribution in [0, 0.1) is 18.3 Å². The van der Waals surface area contributed by atoms with Gasteiger partial charge in [0.15, 0.2) is 11.6 Å². The molecular weight excluding hydrogens is 483 g/mol. The molecule has 3 aromatic carbocycles. The van der Waals surface area contributed by atoms with Crippen LogP contribution in [0.4, 0.5) is 28.7 Å². The van der Waals surface area contributed by atoms with Gasteiger partial charge >= 0.3 is 0 Å². The predicted molar refractivity (Wildman–Crippen MR) is 141 cm³/mol. The number of ether oxygens (including phenoxy) is 1. The molecule has 0 aliphatic rings. The van der Waals surface area contributed by atoms with Crippen LogP contribution in [0.15, 0.2) is 67.0 Å². The fourth-order valence-electron chi connectivity index (χ4n) is 3.57. The molecule has 0 aliphatic carbocycles. The van der Waals surface area contributed by atoms with Crippen molar-refractivity contribution in [1.82, 2.24) is 9.97 Å². The number of aromatic nitrogens is 2. The lowest BCUT2D eigenvalue weighted by Gasteiger charge is -2.17. The number of benzene rings is 3. The second kappa shape index (κ2) is 10.5. The Balaban J connectivity index is 1.59. The van der Waals surface area contributed by atoms with Gasteiger partial charge in [0.25, 0.3) is 0 Å². The molecule has 1 atom stereocenters. The summed E-state index contributed by atoms with van der Waals surface area (Å²) in [6.07, 6.45) is 1.42. The summed E-state index contributed by atoms with van der Waals surface area (Å²) in [4.78, 5) is 8.54. The fourth-order valence-corrected chi connectivity index (χ4v) is 3.97. The molecule has 4 aromatic rings. The molecule has 176 valence electrons. The molecule has 4 rings (SSSR count). The molecule has 0 bridgehead atoms. The lowest BCUT2D eigenvalue weighted by Crippen LogP contribution is -2.06. The molecule has 4 N–H and O–H groups in total. The number of nitrogens with one attached hydrogen (secondary N) is 2. The van der Waals surface area contributed by atoms with E-state index in [1.54, 1.807) is 25.3 Å². The van der Waals surface area contributed by atoms with Crippen molar-refractivity contribution >= 4 is 51.9 Å². The summed E-state index contributed by atoms with van der Waals surface area (Å²) < 4.78 is 5.19. The van der Waals surface area contributed by atoms with Gasteiger partial charge in [0.05, 0.1) is 19.1 Å². The third-order valence-corrected chi connectivity index (χ3v) is 6.06. The Kier molecular flexibility index (Phi) is 7.25. The normalized spacial score (nSPS) is 11.4. The molecule has 7 nitrogen and oxygen atoms in total. The van der Waals surface area contributed by atoms with Gasteiger partial charge in [-0.2, -0.15) is 5.26 Å². The van der Waals surface area contributed by atoms with Gasteiger partial charge < -0.3 is 21.1 Å². The van der Waals surface area contributed by atoms with Crippen molar-refractivity contribution in [3.8, 4) is 11.8 Å². The van der Waals surface area contributed by atoms with Gasteiger partial charge in [0.2, 0.25) is 0 Å². The maximum absolute atomic E-state index is 9.83. The number of anilines is 5. The number of halogens is 2. The topological polar surface area (TPSA) is 109 Å². The summed E-state index contributed by atoms with van der Waals surface area (Å²) in [5.41, 5.74) is 10.6. The Morgan fingerprint density at radius 2 is 1.63 bits per heavy atom. The van der Waals surface area contributed by atoms with Crippen LogP contribution in [0.1, 0.15) is 22.6 Å². The molecular formula is C26H22Cl2N6O. The van der Waals surface area contributed by atoms with E-state index in [0.717, 1.165) is 22.6 Å². The van der Waals surface area contributed by atoms with E-state index in [9.17, 15) is 5.26 Å². The highest BCUT2D eigenvalue weighted by Crippen LogP contribution is 2.36. The Hall–Kier alpha value is -3.99. The molecule has 35 heavy (non-hydrogen) atoms. The van der Waals surface area contributed by atoms with Gasteiger partial charge in [0.1, 0.15) is 17.8 Å². The average molecular weight is 505 g/mol. The summed E-state index contributed by atoms with van der Waals surface area (Å²) in [6.45, 7) is 1.92. The van der Waals surface area contributed by atoms with E-state index in [4.69, 9.17) is 33.7 Å². The van der Waals surface area contributed by atoms with Crippen molar-refractivity contribution in [2.75, 3.05) is 23.5 Å². The lowest BCUT2D eigenvalue weighted by molar-refractivity contribution is 0.415. The molecule has 0 aliphatic heterocycles. The number of nitrogens with zero attached hydrogens (tertiary/aromatic N) is 3. The van der Waals surface area contributed by atoms with Crippen molar-refractivity contribution in [3.05, 3.63) is 93.7 Å². The van der Waals surface area contributed by atoms with E-state index in [2.05, 4.69) is 26.7 Å². The van der Waals surface area contributed by atoms with Crippen LogP contribution in [0.2, 0.25) is 10.0 Å². The third kappa shape index (κ3) is 5.40. The van der Waals surface area contributed by atoms with Gasteiger partial charge in [-0.25, -0.2) is 9.97 Å². The standard InChI is InChI=1S/C26H22Cl2N6O/c1-15-11-20(21(13-29)16-3-5-17(27)6-4-16)22(28)12-23(15)34-26-24(30)25(31-14-32-26)33-18-7-9-19(35-2)10-8-18/h3-12,14,21H,30H2,1-2H3,(H2,31,32,33,34). The van der Waals surface area contributed by atoms with Crippen LogP contribution >= 0.6 is 23.2 Å². The minimum atomic E-state index is -0.531. The number of nitriles is 1. The monoisotopic (exact) mass is 504 g/mol. The van der Waals surface area contributed by atoms with Crippen LogP contribution in [-0.4, -0.2) is 17.1 Å². The predicted octanol–water partition coefficient (Wildman–Crippen LogP) is 6.83. The second-order valence-electron chi connectivity index (χ2n) is 7.77. The molecule has 0 fully saturated rings. The van der Waals surface area contributed by atoms with Gasteiger partial charge in [-0.1, -0.05) is 41.4 Å². The summed E-state index contributed by atoms with van der Waals surface area (Å²) in [6, 6.07) is 20.6. The maximum Gasteiger partial charge on any atom is 0.159 e. The smallest absolute Gasteiger partial charge is 0.159 e. The van der Waals surface area contributed by atoms with Crippen LogP contribution in [0.3, 0.4) is 0 Å². The van der Waals surface area contributed by atoms with Crippen molar-refractivity contribution in [2.45, 2.75) is 12.8 Å². The van der Waals surface area contributed by atoms with E-state index < -0.39 is 5.92 Å². The van der Waals surface area contributed by atoms with Gasteiger partial charge in [-0.3, -0.25) is 0 Å². The SMILES string of the molecule is COc1ccc(Nc2ncnc(Nc3cc(Cl)c(C(C#N)c4ccc(Cl)cc4)cc3C)c2N)cc1. The summed E-state index contributed by atoms with van der Waals surface area (Å²) in [5, 5.41) is 17.3. The molecule has 0 spiro atoms. The molecule has 1 heterocycles. The lowest BCUT2D eigenvalue weighted by atomic mass is 9.91. The molecule has 0 amide bonds. The van der Waals surface area contributed by atoms with Crippen molar-refractivity contribution in [3.63, 3.8) is 0 Å². The highest BCUT2D eigenvalue weighted by Gasteiger charge is 2.19. The van der Waals surface area contributed by atoms with E-state index in [1.807, 2.05) is 49.4 Å². The zero-order valence-electron chi connectivity index (χ0n) is 19.0. The molecule has 1 unspecified atom stereocenters. The van der Waals surface area contributed by atoms with Gasteiger partial charge in [-0.15, -0.1) is 0 Å². The second-order valence-corrected chi connectivity index (χ2v) is 8.61. The van der Waals surface area contributed by atoms with E-state index in [1.165, 1.54) is 6.33 Å². The largest absolute Gasteiger partial charge is 0.497 e. The van der Waals surface area contributed by atoms with E-state index >= 15 is 0 Å². The minimum absolute atomic E-state index is 0.346. The number of hydrogen-bond acceptors (Lipinski definition) is 7. The van der Waals surface area contributed by atoms with E-state index in [-0.39, 0.29) is 0 Å². The quantitative estimate of drug-likeness (QED) is 0.253. The molecule has 0 saturated heterocycles. The first-order chi connectivity index (χ1) is 16.9. The van der Waals surface area contributed by atoms with Crippen LogP contribution in [0.25, 0.3) is 0 Å². The van der Waals surface area contributed by atoms with Crippen molar-refractivity contribution in [1.29, 1.82) is 5.26 Å². The number of nitrogen functional groups attached to an aromatic ring is 1. The van der Waals surface area contributed by atoms with Crippen LogP contribution in [0.5, 0.6) is 5.75 Å². The average Bonchev–Trinajstić information content (AvgIpc) is 2.86. The molecule has 9 heteroatoms. The summed E-state index contributed by atoms with van der Waals surface area (Å²) in [7, 11) is 1.61. The van der Waals surface area contributed by atoms with Crippen LogP contribution in [-0.2, 0) is 0 Å². The first kappa shape index (κ1) is 24.1. The Morgan fingerprint density at radius 1 is 0.971 bits per heavy atom. The Labute approximate surface area is 213 Å². The Morgan fingerprint density at radius 3 is 2.26 bits per heavy atom. The highest BCUT2D eigenvalue weighted by molar-refractivity contribution is 6.32. The van der Waals surface area contributed by atoms with E-state index in [0.29, 0.717) is 38.6 Å². The zero-order valence-corrected chi connectivity index (χ0v) is 20.5. The number of methoxy groups -OCH3 is 1. The number of rotatable bonds is 7. The Bertz CT molecular complexity index is 1390. The number of nitrogens with two attached hydrogens (primary N) is 1.